The monoisotopic (exact) mass is 292 g/mol. The van der Waals surface area contributed by atoms with Gasteiger partial charge in [0.15, 0.2) is 0 Å². The molecule has 20 heavy (non-hydrogen) atoms. The minimum Gasteiger partial charge on any atom is -0.338 e. The van der Waals surface area contributed by atoms with Crippen molar-refractivity contribution < 1.29 is 4.79 Å². The molecular formula is C16H24N2OS. The van der Waals surface area contributed by atoms with Crippen molar-refractivity contribution in [2.75, 3.05) is 13.1 Å². The zero-order valence-corrected chi connectivity index (χ0v) is 13.0. The van der Waals surface area contributed by atoms with Gasteiger partial charge in [-0.05, 0) is 63.0 Å². The summed E-state index contributed by atoms with van der Waals surface area (Å²) in [6.45, 7) is 3.78. The van der Waals surface area contributed by atoms with E-state index >= 15 is 0 Å². The standard InChI is InChI=1S/C16H24N2OS/c1-11(17)13-6-4-8-18(10-13)16(19)15-9-12-5-2-3-7-14(12)20-15/h9,11,13H,2-8,10,17H2,1H3. The molecule has 4 heteroatoms. The highest BCUT2D eigenvalue weighted by atomic mass is 32.1. The summed E-state index contributed by atoms with van der Waals surface area (Å²) in [5.41, 5.74) is 7.43. The van der Waals surface area contributed by atoms with Gasteiger partial charge in [0, 0.05) is 24.0 Å². The van der Waals surface area contributed by atoms with Gasteiger partial charge < -0.3 is 10.6 Å². The van der Waals surface area contributed by atoms with Crippen LogP contribution in [0.2, 0.25) is 0 Å². The van der Waals surface area contributed by atoms with Crippen LogP contribution in [0, 0.1) is 5.92 Å². The SMILES string of the molecule is CC(N)C1CCCN(C(=O)c2cc3c(s2)CCCC3)C1. The van der Waals surface area contributed by atoms with Crippen molar-refractivity contribution in [3.05, 3.63) is 21.4 Å². The predicted molar refractivity (Wildman–Crippen MR) is 83.2 cm³/mol. The fourth-order valence-corrected chi connectivity index (χ4v) is 4.60. The lowest BCUT2D eigenvalue weighted by atomic mass is 9.92. The second kappa shape index (κ2) is 5.86. The summed E-state index contributed by atoms with van der Waals surface area (Å²) in [6, 6.07) is 2.33. The number of carbonyl (C=O) groups is 1. The molecule has 3 nitrogen and oxygen atoms in total. The summed E-state index contributed by atoms with van der Waals surface area (Å²) in [7, 11) is 0. The molecule has 110 valence electrons. The van der Waals surface area contributed by atoms with E-state index in [4.69, 9.17) is 5.73 Å². The molecule has 1 aliphatic carbocycles. The quantitative estimate of drug-likeness (QED) is 0.911. The molecule has 0 bridgehead atoms. The Balaban J connectivity index is 1.73. The fraction of sp³-hybridized carbons (Fsp3) is 0.688. The Labute approximate surface area is 125 Å². The van der Waals surface area contributed by atoms with E-state index in [1.165, 1.54) is 23.3 Å². The Morgan fingerprint density at radius 1 is 1.40 bits per heavy atom. The van der Waals surface area contributed by atoms with Gasteiger partial charge in [-0.1, -0.05) is 0 Å². The number of nitrogens with two attached hydrogens (primary N) is 1. The third-order valence-electron chi connectivity index (χ3n) is 4.70. The number of hydrogen-bond acceptors (Lipinski definition) is 3. The van der Waals surface area contributed by atoms with Gasteiger partial charge in [-0.25, -0.2) is 0 Å². The third kappa shape index (κ3) is 2.77. The largest absolute Gasteiger partial charge is 0.338 e. The van der Waals surface area contributed by atoms with E-state index in [-0.39, 0.29) is 11.9 Å². The van der Waals surface area contributed by atoms with E-state index in [0.29, 0.717) is 5.92 Å². The molecule has 1 saturated heterocycles. The molecule has 2 heterocycles. The first-order chi connectivity index (χ1) is 9.65. The molecule has 0 radical (unpaired) electrons. The highest BCUT2D eigenvalue weighted by Gasteiger charge is 2.28. The van der Waals surface area contributed by atoms with E-state index in [1.807, 2.05) is 4.90 Å². The molecule has 0 aromatic carbocycles. The number of amides is 1. The van der Waals surface area contributed by atoms with Gasteiger partial charge in [-0.15, -0.1) is 11.3 Å². The molecule has 2 N–H and O–H groups in total. The molecule has 1 aliphatic heterocycles. The van der Waals surface area contributed by atoms with E-state index in [0.717, 1.165) is 43.6 Å². The number of fused-ring (bicyclic) bond motifs is 1. The molecule has 1 aromatic rings. The highest BCUT2D eigenvalue weighted by Crippen LogP contribution is 2.31. The van der Waals surface area contributed by atoms with Crippen LogP contribution in [0.25, 0.3) is 0 Å². The van der Waals surface area contributed by atoms with E-state index in [9.17, 15) is 4.79 Å². The summed E-state index contributed by atoms with van der Waals surface area (Å²) in [5, 5.41) is 0. The van der Waals surface area contributed by atoms with E-state index in [1.54, 1.807) is 11.3 Å². The minimum absolute atomic E-state index is 0.183. The van der Waals surface area contributed by atoms with Crippen LogP contribution in [0.1, 0.15) is 52.7 Å². The number of piperidine rings is 1. The van der Waals surface area contributed by atoms with Crippen LogP contribution in [0.15, 0.2) is 6.07 Å². The molecule has 2 atom stereocenters. The van der Waals surface area contributed by atoms with E-state index in [2.05, 4.69) is 13.0 Å². The van der Waals surface area contributed by atoms with Gasteiger partial charge in [0.2, 0.25) is 0 Å². The van der Waals surface area contributed by atoms with Crippen LogP contribution in [0.5, 0.6) is 0 Å². The van der Waals surface area contributed by atoms with Gasteiger partial charge in [0.1, 0.15) is 0 Å². The molecule has 1 aromatic heterocycles. The van der Waals surface area contributed by atoms with Crippen LogP contribution < -0.4 is 5.73 Å². The van der Waals surface area contributed by atoms with Crippen LogP contribution in [0.4, 0.5) is 0 Å². The number of rotatable bonds is 2. The van der Waals surface area contributed by atoms with Crippen molar-refractivity contribution in [2.45, 2.75) is 51.5 Å². The van der Waals surface area contributed by atoms with Crippen molar-refractivity contribution in [2.24, 2.45) is 11.7 Å². The van der Waals surface area contributed by atoms with E-state index < -0.39 is 0 Å². The van der Waals surface area contributed by atoms with Crippen LogP contribution >= 0.6 is 11.3 Å². The topological polar surface area (TPSA) is 46.3 Å². The van der Waals surface area contributed by atoms with Gasteiger partial charge in [0.25, 0.3) is 5.91 Å². The number of hydrogen-bond donors (Lipinski definition) is 1. The second-order valence-electron chi connectivity index (χ2n) is 6.28. The Morgan fingerprint density at radius 2 is 2.20 bits per heavy atom. The Kier molecular flexibility index (Phi) is 4.13. The maximum Gasteiger partial charge on any atom is 0.263 e. The van der Waals surface area contributed by atoms with Crippen LogP contribution in [0.3, 0.4) is 0 Å². The molecular weight excluding hydrogens is 268 g/mol. The highest BCUT2D eigenvalue weighted by molar-refractivity contribution is 7.14. The smallest absolute Gasteiger partial charge is 0.263 e. The van der Waals surface area contributed by atoms with Crippen molar-refractivity contribution in [1.82, 2.24) is 4.90 Å². The average Bonchev–Trinajstić information content (AvgIpc) is 2.90. The van der Waals surface area contributed by atoms with Crippen LogP contribution in [-0.2, 0) is 12.8 Å². The fourth-order valence-electron chi connectivity index (χ4n) is 3.38. The number of thiophene rings is 1. The third-order valence-corrected chi connectivity index (χ3v) is 5.92. The zero-order valence-electron chi connectivity index (χ0n) is 12.2. The lowest BCUT2D eigenvalue weighted by molar-refractivity contribution is 0.0666. The first-order valence-electron chi connectivity index (χ1n) is 7.81. The first kappa shape index (κ1) is 14.1. The maximum absolute atomic E-state index is 12.7. The number of nitrogens with zero attached hydrogens (tertiary/aromatic N) is 1. The lowest BCUT2D eigenvalue weighted by Crippen LogP contribution is -2.44. The second-order valence-corrected chi connectivity index (χ2v) is 7.42. The van der Waals surface area contributed by atoms with Crippen molar-refractivity contribution in [3.8, 4) is 0 Å². The average molecular weight is 292 g/mol. The summed E-state index contributed by atoms with van der Waals surface area (Å²) < 4.78 is 0. The molecule has 1 fully saturated rings. The summed E-state index contributed by atoms with van der Waals surface area (Å²) >= 11 is 1.72. The molecule has 0 saturated carbocycles. The number of likely N-dealkylation sites (tertiary alicyclic amines) is 1. The van der Waals surface area contributed by atoms with Crippen LogP contribution in [-0.4, -0.2) is 29.9 Å². The molecule has 2 aliphatic rings. The molecule has 1 amide bonds. The number of carbonyl (C=O) groups excluding carboxylic acids is 1. The molecule has 0 spiro atoms. The minimum atomic E-state index is 0.183. The van der Waals surface area contributed by atoms with Gasteiger partial charge >= 0.3 is 0 Å². The summed E-state index contributed by atoms with van der Waals surface area (Å²) in [5.74, 6) is 0.692. The van der Waals surface area contributed by atoms with Crippen molar-refractivity contribution in [3.63, 3.8) is 0 Å². The maximum atomic E-state index is 12.7. The first-order valence-corrected chi connectivity index (χ1v) is 8.63. The summed E-state index contributed by atoms with van der Waals surface area (Å²) in [4.78, 5) is 17.1. The Morgan fingerprint density at radius 3 is 2.95 bits per heavy atom. The van der Waals surface area contributed by atoms with Crippen molar-refractivity contribution in [1.29, 1.82) is 0 Å². The van der Waals surface area contributed by atoms with Gasteiger partial charge in [0.05, 0.1) is 4.88 Å². The number of aryl methyl sites for hydroxylation is 2. The van der Waals surface area contributed by atoms with Gasteiger partial charge in [-0.2, -0.15) is 0 Å². The lowest BCUT2D eigenvalue weighted by Gasteiger charge is -2.34. The van der Waals surface area contributed by atoms with Gasteiger partial charge in [-0.3, -0.25) is 4.79 Å². The predicted octanol–water partition coefficient (Wildman–Crippen LogP) is 2.83. The molecule has 3 rings (SSSR count). The zero-order chi connectivity index (χ0) is 14.1. The molecule has 2 unspecified atom stereocenters. The summed E-state index contributed by atoms with van der Waals surface area (Å²) in [6.07, 6.45) is 7.11. The Hall–Kier alpha value is -0.870. The normalized spacial score (nSPS) is 24.3. The van der Waals surface area contributed by atoms with Crippen molar-refractivity contribution >= 4 is 17.2 Å². The Bertz CT molecular complexity index is 471.